The van der Waals surface area contributed by atoms with Crippen molar-refractivity contribution in [2.45, 2.75) is 65.8 Å². The highest BCUT2D eigenvalue weighted by atomic mass is 79.9. The van der Waals surface area contributed by atoms with Crippen molar-refractivity contribution in [2.75, 3.05) is 0 Å². The lowest BCUT2D eigenvalue weighted by Crippen LogP contribution is -2.41. The van der Waals surface area contributed by atoms with E-state index in [9.17, 15) is 0 Å². The molecule has 14 heteroatoms. The Labute approximate surface area is 335 Å². The molecule has 0 atom stereocenters. The SMILES string of the molecule is Cc1nc2ncc(-c3ccnn3C)cc2n1Cc1ccccc1.Cc1nc2ncc(Br)cc2n1Cc1ccccc1.Cn1nccc1B1OC(C)(C)C(C)(C)O1. The molecule has 6 aromatic heterocycles. The third-order valence-electron chi connectivity index (χ3n) is 10.4. The fraction of sp³-hybridized carbons (Fsp3) is 0.286. The molecule has 0 radical (unpaired) electrons. The van der Waals surface area contributed by atoms with Crippen molar-refractivity contribution in [3.63, 3.8) is 0 Å². The van der Waals surface area contributed by atoms with Crippen LogP contribution in [0.15, 0.2) is 114 Å². The second-order valence-corrected chi connectivity index (χ2v) is 15.7. The maximum Gasteiger partial charge on any atom is 0.514 e. The van der Waals surface area contributed by atoms with Crippen molar-refractivity contribution >= 4 is 51.0 Å². The second-order valence-electron chi connectivity index (χ2n) is 14.8. The molecule has 7 heterocycles. The van der Waals surface area contributed by atoms with Gasteiger partial charge in [0.2, 0.25) is 0 Å². The first-order chi connectivity index (χ1) is 26.8. The van der Waals surface area contributed by atoms with Gasteiger partial charge in [-0.2, -0.15) is 10.2 Å². The predicted molar refractivity (Wildman–Crippen MR) is 224 cm³/mol. The molecule has 56 heavy (non-hydrogen) atoms. The summed E-state index contributed by atoms with van der Waals surface area (Å²) < 4.78 is 20.8. The molecule has 2 aromatic carbocycles. The number of rotatable bonds is 6. The summed E-state index contributed by atoms with van der Waals surface area (Å²) in [6.45, 7) is 13.8. The van der Waals surface area contributed by atoms with Crippen LogP contribution < -0.4 is 5.59 Å². The lowest BCUT2D eigenvalue weighted by atomic mass is 9.85. The number of aromatic nitrogens is 10. The summed E-state index contributed by atoms with van der Waals surface area (Å²) in [5.74, 6) is 1.96. The Morgan fingerprint density at radius 3 is 1.64 bits per heavy atom. The molecule has 12 nitrogen and oxygen atoms in total. The Kier molecular flexibility index (Phi) is 11.1. The number of hydrogen-bond donors (Lipinski definition) is 0. The van der Waals surface area contributed by atoms with Crippen LogP contribution in [0.25, 0.3) is 33.6 Å². The van der Waals surface area contributed by atoms with Crippen LogP contribution in [0.1, 0.15) is 50.5 Å². The Morgan fingerprint density at radius 2 is 1.14 bits per heavy atom. The van der Waals surface area contributed by atoms with E-state index in [1.54, 1.807) is 23.3 Å². The second kappa shape index (κ2) is 16.0. The number of pyridine rings is 2. The molecule has 8 aromatic rings. The van der Waals surface area contributed by atoms with Crippen LogP contribution in [0.4, 0.5) is 0 Å². The standard InChI is InChI=1S/C18H17N5.C14H12BrN3.C10H17BN2O2/c1-13-21-18-17(23(13)12-14-6-4-3-5-7-14)10-15(11-19-18)16-8-9-20-22(16)2;1-10-17-14-13(7-12(15)8-16-14)18(10)9-11-5-3-2-4-6-11;1-9(2)10(3,4)15-11(14-9)8-6-7-12-13(8)5/h3-11H,12H2,1-2H3;2-8H,9H2,1H3;6-7H,1-5H3. The average molecular weight is 814 g/mol. The number of benzene rings is 2. The van der Waals surface area contributed by atoms with Crippen LogP contribution in [0, 0.1) is 13.8 Å². The molecule has 1 aliphatic rings. The highest BCUT2D eigenvalue weighted by Crippen LogP contribution is 2.36. The van der Waals surface area contributed by atoms with Gasteiger partial charge in [-0.1, -0.05) is 60.7 Å². The van der Waals surface area contributed by atoms with Gasteiger partial charge in [0.1, 0.15) is 11.6 Å². The van der Waals surface area contributed by atoms with Gasteiger partial charge in [-0.05, 0) is 92.9 Å². The molecule has 0 bridgehead atoms. The van der Waals surface area contributed by atoms with Crippen molar-refractivity contribution in [3.05, 3.63) is 137 Å². The summed E-state index contributed by atoms with van der Waals surface area (Å²) in [5.41, 5.74) is 8.67. The lowest BCUT2D eigenvalue weighted by molar-refractivity contribution is 0.00578. The van der Waals surface area contributed by atoms with E-state index in [0.29, 0.717) is 0 Å². The molecule has 0 amide bonds. The Balaban J connectivity index is 0.000000132. The van der Waals surface area contributed by atoms with E-state index < -0.39 is 0 Å². The molecule has 1 aliphatic heterocycles. The lowest BCUT2D eigenvalue weighted by Gasteiger charge is -2.32. The number of hydrogen-bond acceptors (Lipinski definition) is 8. The zero-order chi connectivity index (χ0) is 39.6. The van der Waals surface area contributed by atoms with Gasteiger partial charge in [0, 0.05) is 62.0 Å². The van der Waals surface area contributed by atoms with Crippen LogP contribution >= 0.6 is 15.9 Å². The minimum Gasteiger partial charge on any atom is -0.398 e. The van der Waals surface area contributed by atoms with E-state index in [2.05, 4.69) is 116 Å². The average Bonchev–Trinajstić information content (AvgIpc) is 3.98. The summed E-state index contributed by atoms with van der Waals surface area (Å²) in [4.78, 5) is 17.9. The quantitative estimate of drug-likeness (QED) is 0.159. The largest absolute Gasteiger partial charge is 0.514 e. The number of imidazole rings is 2. The zero-order valence-electron chi connectivity index (χ0n) is 33.1. The summed E-state index contributed by atoms with van der Waals surface area (Å²) in [6.07, 6.45) is 7.19. The maximum atomic E-state index is 5.91. The highest BCUT2D eigenvalue weighted by molar-refractivity contribution is 9.10. The summed E-state index contributed by atoms with van der Waals surface area (Å²) in [7, 11) is 3.51. The Bertz CT molecular complexity index is 2560. The van der Waals surface area contributed by atoms with Gasteiger partial charge in [0.15, 0.2) is 11.3 Å². The smallest absolute Gasteiger partial charge is 0.398 e. The first-order valence-corrected chi connectivity index (χ1v) is 19.3. The maximum absolute atomic E-state index is 5.91. The molecule has 1 saturated heterocycles. The van der Waals surface area contributed by atoms with Gasteiger partial charge in [-0.3, -0.25) is 9.36 Å². The van der Waals surface area contributed by atoms with Crippen molar-refractivity contribution in [3.8, 4) is 11.3 Å². The summed E-state index contributed by atoms with van der Waals surface area (Å²) in [6, 6.07) is 28.9. The molecular formula is C42H46BBrN10O2. The van der Waals surface area contributed by atoms with Crippen LogP contribution in [0.3, 0.4) is 0 Å². The third-order valence-corrected chi connectivity index (χ3v) is 10.8. The molecule has 286 valence electrons. The van der Waals surface area contributed by atoms with Crippen LogP contribution in [-0.4, -0.2) is 67.0 Å². The minimum atomic E-state index is -0.317. The molecule has 0 N–H and O–H groups in total. The van der Waals surface area contributed by atoms with Crippen molar-refractivity contribution < 1.29 is 9.31 Å². The summed E-state index contributed by atoms with van der Waals surface area (Å²) in [5, 5.41) is 8.35. The van der Waals surface area contributed by atoms with Crippen LogP contribution in [-0.2, 0) is 36.5 Å². The minimum absolute atomic E-state index is 0.290. The normalized spacial score (nSPS) is 14.4. The first-order valence-electron chi connectivity index (χ1n) is 18.5. The Hall–Kier alpha value is -5.44. The van der Waals surface area contributed by atoms with Gasteiger partial charge in [0.25, 0.3) is 0 Å². The molecule has 0 saturated carbocycles. The van der Waals surface area contributed by atoms with Crippen LogP contribution in [0.5, 0.6) is 0 Å². The van der Waals surface area contributed by atoms with E-state index >= 15 is 0 Å². The van der Waals surface area contributed by atoms with E-state index in [1.165, 1.54) is 11.1 Å². The molecular weight excluding hydrogens is 767 g/mol. The van der Waals surface area contributed by atoms with Gasteiger partial charge >= 0.3 is 7.12 Å². The number of nitrogens with zero attached hydrogens (tertiary/aromatic N) is 10. The summed E-state index contributed by atoms with van der Waals surface area (Å²) >= 11 is 3.46. The van der Waals surface area contributed by atoms with E-state index in [0.717, 1.165) is 68.4 Å². The fourth-order valence-electron chi connectivity index (χ4n) is 6.52. The van der Waals surface area contributed by atoms with Crippen LogP contribution in [0.2, 0.25) is 0 Å². The van der Waals surface area contributed by atoms with E-state index in [4.69, 9.17) is 9.31 Å². The van der Waals surface area contributed by atoms with Gasteiger partial charge in [-0.15, -0.1) is 0 Å². The molecule has 0 unspecified atom stereocenters. The molecule has 1 fully saturated rings. The predicted octanol–water partition coefficient (Wildman–Crippen LogP) is 7.46. The fourth-order valence-corrected chi connectivity index (χ4v) is 6.84. The van der Waals surface area contributed by atoms with Crippen molar-refractivity contribution in [2.24, 2.45) is 14.1 Å². The monoisotopic (exact) mass is 812 g/mol. The van der Waals surface area contributed by atoms with E-state index in [-0.39, 0.29) is 18.3 Å². The Morgan fingerprint density at radius 1 is 0.643 bits per heavy atom. The molecule has 9 rings (SSSR count). The third kappa shape index (κ3) is 8.23. The van der Waals surface area contributed by atoms with Gasteiger partial charge < -0.3 is 18.4 Å². The molecule has 0 spiro atoms. The topological polar surface area (TPSA) is 116 Å². The first kappa shape index (κ1) is 38.8. The zero-order valence-corrected chi connectivity index (χ0v) is 34.6. The molecule has 0 aliphatic carbocycles. The highest BCUT2D eigenvalue weighted by Gasteiger charge is 2.52. The van der Waals surface area contributed by atoms with Crippen molar-refractivity contribution in [1.29, 1.82) is 0 Å². The number of fused-ring (bicyclic) bond motifs is 2. The van der Waals surface area contributed by atoms with E-state index in [1.807, 2.05) is 90.8 Å². The number of halogens is 1. The van der Waals surface area contributed by atoms with Gasteiger partial charge in [-0.25, -0.2) is 19.9 Å². The van der Waals surface area contributed by atoms with Crippen molar-refractivity contribution in [1.82, 2.24) is 48.6 Å². The number of aryl methyl sites for hydroxylation is 4. The van der Waals surface area contributed by atoms with Gasteiger partial charge in [0.05, 0.1) is 33.5 Å².